The topological polar surface area (TPSA) is 26.0 Å². The number of hydrogen-bond donors (Lipinski definition) is 1. The van der Waals surface area contributed by atoms with Crippen LogP contribution >= 0.6 is 0 Å². The van der Waals surface area contributed by atoms with Gasteiger partial charge < -0.3 is 5.73 Å². The molecule has 0 bridgehead atoms. The van der Waals surface area contributed by atoms with E-state index >= 15 is 0 Å². The summed E-state index contributed by atoms with van der Waals surface area (Å²) in [6.45, 7) is 4.34. The minimum Gasteiger partial charge on any atom is -0.327 e. The molecular formula is C13H19N. The molecule has 2 atom stereocenters. The molecule has 0 aliphatic heterocycles. The second-order valence-corrected chi connectivity index (χ2v) is 4.62. The van der Waals surface area contributed by atoms with E-state index in [1.54, 1.807) is 0 Å². The van der Waals surface area contributed by atoms with E-state index in [0.717, 1.165) is 5.92 Å². The monoisotopic (exact) mass is 189 g/mol. The zero-order chi connectivity index (χ0) is 10.1. The molecule has 1 saturated carbocycles. The van der Waals surface area contributed by atoms with Crippen LogP contribution in [0, 0.1) is 19.8 Å². The largest absolute Gasteiger partial charge is 0.327 e. The van der Waals surface area contributed by atoms with E-state index in [-0.39, 0.29) is 0 Å². The van der Waals surface area contributed by atoms with Crippen molar-refractivity contribution < 1.29 is 0 Å². The average Bonchev–Trinajstić information content (AvgIpc) is 2.17. The van der Waals surface area contributed by atoms with Crippen molar-refractivity contribution in [3.05, 3.63) is 34.9 Å². The predicted molar refractivity (Wildman–Crippen MR) is 60.3 cm³/mol. The first-order chi connectivity index (χ1) is 6.66. The van der Waals surface area contributed by atoms with E-state index in [4.69, 9.17) is 5.73 Å². The summed E-state index contributed by atoms with van der Waals surface area (Å²) in [6, 6.07) is 7.22. The van der Waals surface area contributed by atoms with Crippen molar-refractivity contribution in [3.8, 4) is 0 Å². The van der Waals surface area contributed by atoms with Crippen molar-refractivity contribution in [2.24, 2.45) is 11.7 Å². The van der Waals surface area contributed by atoms with Crippen molar-refractivity contribution in [2.75, 3.05) is 0 Å². The second kappa shape index (κ2) is 3.74. The summed E-state index contributed by atoms with van der Waals surface area (Å²) in [5.41, 5.74) is 10.2. The summed E-state index contributed by atoms with van der Waals surface area (Å²) in [6.07, 6.45) is 3.70. The Bertz CT molecular complexity index is 330. The van der Waals surface area contributed by atoms with Crippen molar-refractivity contribution in [1.29, 1.82) is 0 Å². The standard InChI is InChI=1S/C13H19N/c1-9-3-4-11(7-10(9)2)8-12-5-6-13(12)14/h3-4,7,12-13H,5-6,8,14H2,1-2H3. The molecule has 0 spiro atoms. The van der Waals surface area contributed by atoms with Crippen LogP contribution in [0.3, 0.4) is 0 Å². The Morgan fingerprint density at radius 2 is 2.00 bits per heavy atom. The highest BCUT2D eigenvalue weighted by molar-refractivity contribution is 5.30. The molecule has 0 saturated heterocycles. The fourth-order valence-corrected chi connectivity index (χ4v) is 2.08. The highest BCUT2D eigenvalue weighted by Gasteiger charge is 2.27. The lowest BCUT2D eigenvalue weighted by atomic mass is 9.76. The molecule has 1 aliphatic rings. The molecule has 1 aromatic rings. The van der Waals surface area contributed by atoms with Crippen molar-refractivity contribution in [1.82, 2.24) is 0 Å². The Morgan fingerprint density at radius 1 is 1.21 bits per heavy atom. The number of hydrogen-bond acceptors (Lipinski definition) is 1. The van der Waals surface area contributed by atoms with Gasteiger partial charge in [0.15, 0.2) is 0 Å². The van der Waals surface area contributed by atoms with Gasteiger partial charge >= 0.3 is 0 Å². The molecule has 2 rings (SSSR count). The van der Waals surface area contributed by atoms with Crippen molar-refractivity contribution in [2.45, 2.75) is 39.2 Å². The minimum atomic E-state index is 0.455. The summed E-state index contributed by atoms with van der Waals surface area (Å²) in [4.78, 5) is 0. The molecule has 0 radical (unpaired) electrons. The van der Waals surface area contributed by atoms with Gasteiger partial charge in [0.2, 0.25) is 0 Å². The zero-order valence-electron chi connectivity index (χ0n) is 9.09. The van der Waals surface area contributed by atoms with Crippen LogP contribution in [-0.2, 0) is 6.42 Å². The van der Waals surface area contributed by atoms with E-state index in [1.165, 1.54) is 36.0 Å². The molecular weight excluding hydrogens is 170 g/mol. The molecule has 0 amide bonds. The van der Waals surface area contributed by atoms with Crippen molar-refractivity contribution in [3.63, 3.8) is 0 Å². The first kappa shape index (κ1) is 9.72. The molecule has 0 heterocycles. The lowest BCUT2D eigenvalue weighted by molar-refractivity contribution is 0.256. The normalized spacial score (nSPS) is 25.9. The van der Waals surface area contributed by atoms with Gasteiger partial charge in [0.05, 0.1) is 0 Å². The first-order valence-electron chi connectivity index (χ1n) is 5.48. The van der Waals surface area contributed by atoms with Crippen LogP contribution in [0.2, 0.25) is 0 Å². The summed E-state index contributed by atoms with van der Waals surface area (Å²) in [5.74, 6) is 0.733. The molecule has 2 N–H and O–H groups in total. The third-order valence-corrected chi connectivity index (χ3v) is 3.55. The van der Waals surface area contributed by atoms with E-state index < -0.39 is 0 Å². The maximum Gasteiger partial charge on any atom is 0.00704 e. The smallest absolute Gasteiger partial charge is 0.00704 e. The number of aryl methyl sites for hydroxylation is 2. The minimum absolute atomic E-state index is 0.455. The SMILES string of the molecule is Cc1ccc(CC2CCC2N)cc1C. The molecule has 14 heavy (non-hydrogen) atoms. The van der Waals surface area contributed by atoms with Crippen LogP contribution in [0.4, 0.5) is 0 Å². The van der Waals surface area contributed by atoms with Gasteiger partial charge in [-0.05, 0) is 55.7 Å². The number of benzene rings is 1. The molecule has 1 nitrogen and oxygen atoms in total. The summed E-state index contributed by atoms with van der Waals surface area (Å²) in [7, 11) is 0. The zero-order valence-corrected chi connectivity index (χ0v) is 9.09. The Balaban J connectivity index is 2.06. The second-order valence-electron chi connectivity index (χ2n) is 4.62. The van der Waals surface area contributed by atoms with Gasteiger partial charge in [-0.2, -0.15) is 0 Å². The lowest BCUT2D eigenvalue weighted by Crippen LogP contribution is -2.40. The van der Waals surface area contributed by atoms with Crippen LogP contribution in [0.15, 0.2) is 18.2 Å². The summed E-state index contributed by atoms with van der Waals surface area (Å²) < 4.78 is 0. The van der Waals surface area contributed by atoms with Gasteiger partial charge in [-0.3, -0.25) is 0 Å². The quantitative estimate of drug-likeness (QED) is 0.760. The number of rotatable bonds is 2. The van der Waals surface area contributed by atoms with Gasteiger partial charge in [0.25, 0.3) is 0 Å². The van der Waals surface area contributed by atoms with Crippen molar-refractivity contribution >= 4 is 0 Å². The maximum atomic E-state index is 5.94. The third kappa shape index (κ3) is 1.83. The third-order valence-electron chi connectivity index (χ3n) is 3.55. The van der Waals surface area contributed by atoms with E-state index in [0.29, 0.717) is 6.04 Å². The van der Waals surface area contributed by atoms with Crippen LogP contribution in [0.25, 0.3) is 0 Å². The molecule has 1 aliphatic carbocycles. The first-order valence-corrected chi connectivity index (χ1v) is 5.48. The van der Waals surface area contributed by atoms with Gasteiger partial charge in [0, 0.05) is 6.04 Å². The van der Waals surface area contributed by atoms with Gasteiger partial charge in [-0.15, -0.1) is 0 Å². The molecule has 2 unspecified atom stereocenters. The number of nitrogens with two attached hydrogens (primary N) is 1. The van der Waals surface area contributed by atoms with Crippen LogP contribution in [-0.4, -0.2) is 6.04 Å². The fourth-order valence-electron chi connectivity index (χ4n) is 2.08. The predicted octanol–water partition coefficient (Wildman–Crippen LogP) is 2.58. The van der Waals surface area contributed by atoms with E-state index in [9.17, 15) is 0 Å². The Labute approximate surface area is 86.3 Å². The highest BCUT2D eigenvalue weighted by Crippen LogP contribution is 2.29. The summed E-state index contributed by atoms with van der Waals surface area (Å²) in [5, 5.41) is 0. The highest BCUT2D eigenvalue weighted by atomic mass is 14.7. The van der Waals surface area contributed by atoms with Crippen LogP contribution in [0.1, 0.15) is 29.5 Å². The fraction of sp³-hybridized carbons (Fsp3) is 0.538. The molecule has 0 aromatic heterocycles. The van der Waals surface area contributed by atoms with E-state index in [2.05, 4.69) is 32.0 Å². The Morgan fingerprint density at radius 3 is 2.50 bits per heavy atom. The Kier molecular flexibility index (Phi) is 2.60. The molecule has 1 heteroatoms. The van der Waals surface area contributed by atoms with E-state index in [1.807, 2.05) is 0 Å². The van der Waals surface area contributed by atoms with Gasteiger partial charge in [-0.1, -0.05) is 18.2 Å². The van der Waals surface area contributed by atoms with Gasteiger partial charge in [-0.25, -0.2) is 0 Å². The molecule has 76 valence electrons. The summed E-state index contributed by atoms with van der Waals surface area (Å²) >= 11 is 0. The van der Waals surface area contributed by atoms with Crippen LogP contribution in [0.5, 0.6) is 0 Å². The average molecular weight is 189 g/mol. The molecule has 1 aromatic carbocycles. The van der Waals surface area contributed by atoms with Gasteiger partial charge in [0.1, 0.15) is 0 Å². The Hall–Kier alpha value is -0.820. The lowest BCUT2D eigenvalue weighted by Gasteiger charge is -2.33. The molecule has 1 fully saturated rings. The maximum absolute atomic E-state index is 5.94. The van der Waals surface area contributed by atoms with Crippen LogP contribution < -0.4 is 5.73 Å².